The molecule has 1 atom stereocenters. The summed E-state index contributed by atoms with van der Waals surface area (Å²) < 4.78 is 11.3. The standard InChI is InChI=1S/C23H23ClN2O3/c24-19-8-6-17(7-9-19)21-11-10-20(29-21)16-25-22(18-4-2-1-3-5-18)23(27)26-12-14-28-15-13-26/h1-11,22,25H,12-16H2/t22-/m0/s1. The first kappa shape index (κ1) is 19.7. The zero-order valence-corrected chi connectivity index (χ0v) is 16.8. The molecule has 3 aromatic rings. The summed E-state index contributed by atoms with van der Waals surface area (Å²) in [5, 5.41) is 4.07. The number of rotatable bonds is 6. The molecule has 5 nitrogen and oxygen atoms in total. The van der Waals surface area contributed by atoms with Crippen molar-refractivity contribution in [1.82, 2.24) is 10.2 Å². The summed E-state index contributed by atoms with van der Waals surface area (Å²) in [5.41, 5.74) is 1.90. The Bertz CT molecular complexity index is 934. The van der Waals surface area contributed by atoms with Gasteiger partial charge in [-0.05, 0) is 42.0 Å². The molecule has 0 saturated carbocycles. The van der Waals surface area contributed by atoms with Crippen LogP contribution in [0.5, 0.6) is 0 Å². The molecule has 1 saturated heterocycles. The lowest BCUT2D eigenvalue weighted by Gasteiger charge is -2.31. The lowest BCUT2D eigenvalue weighted by Crippen LogP contribution is -2.46. The van der Waals surface area contributed by atoms with Gasteiger partial charge in [-0.3, -0.25) is 10.1 Å². The SMILES string of the molecule is O=C([C@@H](NCc1ccc(-c2ccc(Cl)cc2)o1)c1ccccc1)N1CCOCC1. The topological polar surface area (TPSA) is 54.7 Å². The van der Waals surface area contributed by atoms with Gasteiger partial charge >= 0.3 is 0 Å². The van der Waals surface area contributed by atoms with Crippen molar-refractivity contribution in [3.8, 4) is 11.3 Å². The number of nitrogens with zero attached hydrogens (tertiary/aromatic N) is 1. The average molecular weight is 411 g/mol. The molecule has 150 valence electrons. The first-order valence-corrected chi connectivity index (χ1v) is 10.1. The van der Waals surface area contributed by atoms with E-state index in [0.717, 1.165) is 22.6 Å². The van der Waals surface area contributed by atoms with E-state index in [1.165, 1.54) is 0 Å². The normalized spacial score (nSPS) is 15.3. The van der Waals surface area contributed by atoms with E-state index in [-0.39, 0.29) is 5.91 Å². The molecule has 1 amide bonds. The second-order valence-corrected chi connectivity index (χ2v) is 7.37. The minimum atomic E-state index is -0.432. The van der Waals surface area contributed by atoms with Crippen LogP contribution >= 0.6 is 11.6 Å². The summed E-state index contributed by atoms with van der Waals surface area (Å²) in [6, 6.07) is 20.7. The van der Waals surface area contributed by atoms with Gasteiger partial charge in [0.15, 0.2) is 0 Å². The highest BCUT2D eigenvalue weighted by Gasteiger charge is 2.27. The average Bonchev–Trinajstić information content (AvgIpc) is 3.24. The number of hydrogen-bond acceptors (Lipinski definition) is 4. The third kappa shape index (κ3) is 4.88. The van der Waals surface area contributed by atoms with Gasteiger partial charge in [-0.2, -0.15) is 0 Å². The molecule has 6 heteroatoms. The second-order valence-electron chi connectivity index (χ2n) is 6.94. The van der Waals surface area contributed by atoms with E-state index in [1.54, 1.807) is 0 Å². The van der Waals surface area contributed by atoms with Crippen LogP contribution in [-0.4, -0.2) is 37.1 Å². The second kappa shape index (κ2) is 9.27. The maximum Gasteiger partial charge on any atom is 0.244 e. The number of furan rings is 1. The van der Waals surface area contributed by atoms with Crippen LogP contribution in [0.3, 0.4) is 0 Å². The van der Waals surface area contributed by atoms with Crippen LogP contribution in [0.4, 0.5) is 0 Å². The van der Waals surface area contributed by atoms with E-state index in [0.29, 0.717) is 37.9 Å². The molecule has 0 bridgehead atoms. The molecular weight excluding hydrogens is 388 g/mol. The van der Waals surface area contributed by atoms with Crippen LogP contribution in [-0.2, 0) is 16.1 Å². The molecule has 29 heavy (non-hydrogen) atoms. The van der Waals surface area contributed by atoms with Crippen LogP contribution in [0.1, 0.15) is 17.4 Å². The summed E-state index contributed by atoms with van der Waals surface area (Å²) in [6.45, 7) is 2.84. The number of hydrogen-bond donors (Lipinski definition) is 1. The van der Waals surface area contributed by atoms with Crippen LogP contribution in [0.25, 0.3) is 11.3 Å². The highest BCUT2D eigenvalue weighted by atomic mass is 35.5. The maximum absolute atomic E-state index is 13.1. The van der Waals surface area contributed by atoms with Gasteiger partial charge in [0.05, 0.1) is 19.8 Å². The quantitative estimate of drug-likeness (QED) is 0.658. The van der Waals surface area contributed by atoms with Crippen molar-refractivity contribution in [2.45, 2.75) is 12.6 Å². The number of amides is 1. The third-order valence-corrected chi connectivity index (χ3v) is 5.23. The van der Waals surface area contributed by atoms with Crippen molar-refractivity contribution in [3.63, 3.8) is 0 Å². The largest absolute Gasteiger partial charge is 0.460 e. The maximum atomic E-state index is 13.1. The summed E-state index contributed by atoms with van der Waals surface area (Å²) in [7, 11) is 0. The molecule has 2 aromatic carbocycles. The van der Waals surface area contributed by atoms with Gasteiger partial charge in [-0.25, -0.2) is 0 Å². The van der Waals surface area contributed by atoms with E-state index >= 15 is 0 Å². The molecular formula is C23H23ClN2O3. The van der Waals surface area contributed by atoms with Crippen LogP contribution in [0.2, 0.25) is 5.02 Å². The molecule has 0 aliphatic carbocycles. The van der Waals surface area contributed by atoms with Crippen molar-refractivity contribution >= 4 is 17.5 Å². The molecule has 1 N–H and O–H groups in total. The van der Waals surface area contributed by atoms with Gasteiger partial charge < -0.3 is 14.1 Å². The number of ether oxygens (including phenoxy) is 1. The lowest BCUT2D eigenvalue weighted by molar-refractivity contribution is -0.137. The predicted octanol–water partition coefficient (Wildman–Crippen LogP) is 4.29. The van der Waals surface area contributed by atoms with Gasteiger partial charge in [0.25, 0.3) is 0 Å². The summed E-state index contributed by atoms with van der Waals surface area (Å²) in [4.78, 5) is 15.0. The van der Waals surface area contributed by atoms with Crippen molar-refractivity contribution in [3.05, 3.63) is 83.1 Å². The summed E-state index contributed by atoms with van der Waals surface area (Å²) >= 11 is 5.96. The highest BCUT2D eigenvalue weighted by molar-refractivity contribution is 6.30. The van der Waals surface area contributed by atoms with Crippen molar-refractivity contribution in [2.75, 3.05) is 26.3 Å². The molecule has 2 heterocycles. The first-order chi connectivity index (χ1) is 14.2. The number of halogens is 1. The predicted molar refractivity (Wildman–Crippen MR) is 113 cm³/mol. The Balaban J connectivity index is 1.48. The minimum Gasteiger partial charge on any atom is -0.460 e. The number of carbonyl (C=O) groups excluding carboxylic acids is 1. The number of nitrogens with one attached hydrogen (secondary N) is 1. The molecule has 1 aliphatic rings. The van der Waals surface area contributed by atoms with Crippen LogP contribution < -0.4 is 5.32 Å². The Morgan fingerprint density at radius 1 is 1.00 bits per heavy atom. The minimum absolute atomic E-state index is 0.0592. The van der Waals surface area contributed by atoms with E-state index in [9.17, 15) is 4.79 Å². The van der Waals surface area contributed by atoms with E-state index < -0.39 is 6.04 Å². The Kier molecular flexibility index (Phi) is 6.30. The molecule has 1 aliphatic heterocycles. The Hall–Kier alpha value is -2.60. The van der Waals surface area contributed by atoms with E-state index in [4.69, 9.17) is 20.8 Å². The van der Waals surface area contributed by atoms with Gasteiger partial charge in [-0.15, -0.1) is 0 Å². The summed E-state index contributed by atoms with van der Waals surface area (Å²) in [5.74, 6) is 1.60. The third-order valence-electron chi connectivity index (χ3n) is 4.97. The molecule has 4 rings (SSSR count). The van der Waals surface area contributed by atoms with Crippen molar-refractivity contribution in [1.29, 1.82) is 0 Å². The van der Waals surface area contributed by atoms with Gasteiger partial charge in [-0.1, -0.05) is 41.9 Å². The smallest absolute Gasteiger partial charge is 0.244 e. The fourth-order valence-corrected chi connectivity index (χ4v) is 3.53. The van der Waals surface area contributed by atoms with Gasteiger partial charge in [0.1, 0.15) is 17.6 Å². The highest BCUT2D eigenvalue weighted by Crippen LogP contribution is 2.24. The Morgan fingerprint density at radius 3 is 2.45 bits per heavy atom. The molecule has 0 unspecified atom stereocenters. The monoisotopic (exact) mass is 410 g/mol. The number of morpholine rings is 1. The van der Waals surface area contributed by atoms with E-state index in [2.05, 4.69) is 5.32 Å². The Labute approximate surface area is 175 Å². The van der Waals surface area contributed by atoms with E-state index in [1.807, 2.05) is 71.6 Å². The molecule has 1 fully saturated rings. The molecule has 0 spiro atoms. The molecule has 0 radical (unpaired) electrons. The Morgan fingerprint density at radius 2 is 1.72 bits per heavy atom. The van der Waals surface area contributed by atoms with Crippen LogP contribution in [0.15, 0.2) is 71.1 Å². The van der Waals surface area contributed by atoms with Gasteiger partial charge in [0, 0.05) is 23.7 Å². The number of benzene rings is 2. The van der Waals surface area contributed by atoms with Crippen molar-refractivity contribution in [2.24, 2.45) is 0 Å². The fraction of sp³-hybridized carbons (Fsp3) is 0.261. The first-order valence-electron chi connectivity index (χ1n) is 9.70. The van der Waals surface area contributed by atoms with Crippen molar-refractivity contribution < 1.29 is 13.9 Å². The van der Waals surface area contributed by atoms with Gasteiger partial charge in [0.2, 0.25) is 5.91 Å². The lowest BCUT2D eigenvalue weighted by atomic mass is 10.1. The summed E-state index contributed by atoms with van der Waals surface area (Å²) in [6.07, 6.45) is 0. The fourth-order valence-electron chi connectivity index (χ4n) is 3.40. The zero-order valence-electron chi connectivity index (χ0n) is 16.0. The zero-order chi connectivity index (χ0) is 20.1. The van der Waals surface area contributed by atoms with Crippen LogP contribution in [0, 0.1) is 0 Å². The number of carbonyl (C=O) groups is 1. The molecule has 1 aromatic heterocycles.